The number of nitrogens with zero attached hydrogens (tertiary/aromatic N) is 4. The van der Waals surface area contributed by atoms with Gasteiger partial charge in [-0.25, -0.2) is 0 Å². The van der Waals surface area contributed by atoms with E-state index in [0.717, 1.165) is 43.2 Å². The van der Waals surface area contributed by atoms with Gasteiger partial charge in [0.15, 0.2) is 0 Å². The lowest BCUT2D eigenvalue weighted by molar-refractivity contribution is -0.136. The molecule has 11 aromatic carbocycles. The van der Waals surface area contributed by atoms with Crippen LogP contribution in [0.1, 0.15) is 74.8 Å². The van der Waals surface area contributed by atoms with Crippen LogP contribution in [0.4, 0.5) is 0 Å². The molecule has 496 valence electrons. The Morgan fingerprint density at radius 3 is 0.806 bits per heavy atom. The van der Waals surface area contributed by atoms with Crippen LogP contribution in [-0.2, 0) is 48.4 Å². The Bertz CT molecular complexity index is 4340. The molecule has 2 heterocycles. The zero-order valence-electron chi connectivity index (χ0n) is 53.5. The van der Waals surface area contributed by atoms with Gasteiger partial charge in [0.25, 0.3) is 23.6 Å². The van der Waals surface area contributed by atoms with Crippen LogP contribution in [0.2, 0.25) is 0 Å². The molecule has 2 unspecified atom stereocenters. The van der Waals surface area contributed by atoms with Crippen LogP contribution >= 0.6 is 0 Å². The van der Waals surface area contributed by atoms with Crippen molar-refractivity contribution in [3.63, 3.8) is 0 Å². The predicted octanol–water partition coefficient (Wildman–Crippen LogP) is 10.3. The third kappa shape index (κ3) is 12.2. The summed E-state index contributed by atoms with van der Waals surface area (Å²) in [5.41, 5.74) is 3.90. The van der Waals surface area contributed by atoms with Crippen molar-refractivity contribution in [3.8, 4) is 46.0 Å². The Morgan fingerprint density at radius 2 is 0.582 bits per heavy atom. The number of fused-ring (bicyclic) bond motifs is 2. The number of likely N-dealkylation sites (N-methyl/N-ethyl adjacent to an activating group) is 2. The summed E-state index contributed by atoms with van der Waals surface area (Å²) < 4.78 is 28.3. The number of aliphatic hydroxyl groups excluding tert-OH is 6. The number of rotatable bonds is 26. The van der Waals surface area contributed by atoms with E-state index >= 15 is 19.2 Å². The Balaban J connectivity index is 1.16. The highest BCUT2D eigenvalue weighted by molar-refractivity contribution is 6.45. The Kier molecular flexibility index (Phi) is 18.7. The summed E-state index contributed by atoms with van der Waals surface area (Å²) in [4.78, 5) is 97.7. The minimum absolute atomic E-state index is 0.0410. The zero-order chi connectivity index (χ0) is 68.5. The second-order valence-corrected chi connectivity index (χ2v) is 24.3. The van der Waals surface area contributed by atoms with Crippen molar-refractivity contribution in [2.24, 2.45) is 0 Å². The van der Waals surface area contributed by atoms with Crippen LogP contribution in [0.25, 0.3) is 43.1 Å². The average molecular weight is 1320 g/mol. The maximum Gasteiger partial charge on any atom is 0.262 e. The highest BCUT2D eigenvalue weighted by atomic mass is 16.5. The molecule has 6 amide bonds. The number of aliphatic hydroxyl groups is 6. The van der Waals surface area contributed by atoms with Crippen LogP contribution in [0.3, 0.4) is 0 Å². The van der Waals surface area contributed by atoms with Gasteiger partial charge in [0.1, 0.15) is 58.1 Å². The maximum absolute atomic E-state index is 16.0. The van der Waals surface area contributed by atoms with Crippen molar-refractivity contribution in [2.45, 2.75) is 50.9 Å². The number of hydrogen-bond acceptors (Lipinski definition) is 16. The van der Waals surface area contributed by atoms with Gasteiger partial charge < -0.3 is 59.4 Å². The van der Waals surface area contributed by atoms with Crippen LogP contribution in [0.15, 0.2) is 182 Å². The molecule has 0 radical (unpaired) electrons. The van der Waals surface area contributed by atoms with E-state index < -0.39 is 60.7 Å². The second-order valence-electron chi connectivity index (χ2n) is 24.3. The molecule has 20 nitrogen and oxygen atoms in total. The average Bonchev–Trinajstić information content (AvgIpc) is 0.672. The molecule has 2 aliphatic rings. The number of imide groups is 2. The topological polar surface area (TPSA) is 274 Å². The molecular formula is C78H68N4O16. The van der Waals surface area contributed by atoms with Crippen LogP contribution < -0.4 is 18.9 Å². The molecule has 0 spiro atoms. The van der Waals surface area contributed by atoms with Crippen molar-refractivity contribution in [1.29, 1.82) is 0 Å². The lowest BCUT2D eigenvalue weighted by Gasteiger charge is -2.36. The molecule has 13 rings (SSSR count). The zero-order valence-corrected chi connectivity index (χ0v) is 53.5. The van der Waals surface area contributed by atoms with Crippen molar-refractivity contribution in [2.75, 3.05) is 53.7 Å². The molecule has 0 aromatic heterocycles. The standard InChI is InChI=1S/C78H68N4O16/c1-79(41-49-9-5-3-6-10-49)77(93)59(43-87)81-73(89)55-37-61(95-51-21-13-45(14-22-51)29-33-83)67-69-63(97-53-25-17-47(18-26-53)31-35-85)39-57-66-58(76(92)82(75(57)91)60(44-88)78(94)80(2)42-50-11-7-4-8-12-50)40-64(98-54-27-19-48(20-28-54)32-36-86)70(72(66)69)68-62(38-56(74(81)90)65(55)71(67)68)96-52-23-15-46(16-24-52)30-34-84/h3-28,37-40,59-60,83-88H,29-36,41-44H2,1-2H3. The largest absolute Gasteiger partial charge is 0.457 e. The first kappa shape index (κ1) is 65.6. The number of carbonyl (C=O) groups excluding carboxylic acids is 6. The lowest BCUT2D eigenvalue weighted by atomic mass is 9.80. The van der Waals surface area contributed by atoms with E-state index in [4.69, 9.17) is 18.9 Å². The molecule has 0 saturated carbocycles. The summed E-state index contributed by atoms with van der Waals surface area (Å²) in [5, 5.41) is 63.4. The van der Waals surface area contributed by atoms with E-state index in [-0.39, 0.29) is 151 Å². The van der Waals surface area contributed by atoms with Gasteiger partial charge in [-0.3, -0.25) is 38.6 Å². The second kappa shape index (κ2) is 27.9. The van der Waals surface area contributed by atoms with Crippen LogP contribution in [0, 0.1) is 0 Å². The first-order chi connectivity index (χ1) is 47.6. The number of ether oxygens (including phenoxy) is 4. The third-order valence-corrected chi connectivity index (χ3v) is 18.0. The first-order valence-corrected chi connectivity index (χ1v) is 32.1. The van der Waals surface area contributed by atoms with Crippen molar-refractivity contribution in [1.82, 2.24) is 19.6 Å². The normalized spacial score (nSPS) is 13.4. The van der Waals surface area contributed by atoms with Crippen LogP contribution in [0.5, 0.6) is 46.0 Å². The van der Waals surface area contributed by atoms with E-state index in [1.165, 1.54) is 48.2 Å². The summed E-state index contributed by atoms with van der Waals surface area (Å²) in [6.07, 6.45) is 1.23. The summed E-state index contributed by atoms with van der Waals surface area (Å²) >= 11 is 0. The molecule has 0 aliphatic carbocycles. The van der Waals surface area contributed by atoms with Gasteiger partial charge in [-0.2, -0.15) is 0 Å². The molecule has 0 bridgehead atoms. The number of amides is 6. The molecule has 6 N–H and O–H groups in total. The van der Waals surface area contributed by atoms with E-state index in [1.54, 1.807) is 121 Å². The summed E-state index contributed by atoms with van der Waals surface area (Å²) in [6, 6.07) is 47.6. The van der Waals surface area contributed by atoms with Gasteiger partial charge in [-0.05, 0) is 132 Å². The number of benzene rings is 11. The Morgan fingerprint density at radius 1 is 0.337 bits per heavy atom. The highest BCUT2D eigenvalue weighted by Crippen LogP contribution is 2.58. The van der Waals surface area contributed by atoms with Gasteiger partial charge in [0.05, 0.1) is 35.5 Å². The van der Waals surface area contributed by atoms with E-state index in [2.05, 4.69) is 0 Å². The van der Waals surface area contributed by atoms with Gasteiger partial charge in [-0.15, -0.1) is 0 Å². The highest BCUT2D eigenvalue weighted by Gasteiger charge is 2.47. The lowest BCUT2D eigenvalue weighted by Crippen LogP contribution is -2.55. The van der Waals surface area contributed by atoms with Crippen molar-refractivity contribution < 1.29 is 78.4 Å². The number of hydrogen-bond donors (Lipinski definition) is 6. The van der Waals surface area contributed by atoms with E-state index in [1.807, 2.05) is 36.4 Å². The third-order valence-electron chi connectivity index (χ3n) is 18.0. The van der Waals surface area contributed by atoms with Gasteiger partial charge >= 0.3 is 0 Å². The molecule has 20 heteroatoms. The molecule has 2 aliphatic heterocycles. The predicted molar refractivity (Wildman–Crippen MR) is 365 cm³/mol. The van der Waals surface area contributed by atoms with E-state index in [9.17, 15) is 40.2 Å². The molecule has 0 fully saturated rings. The minimum Gasteiger partial charge on any atom is -0.457 e. The van der Waals surface area contributed by atoms with Crippen molar-refractivity contribution >= 4 is 78.5 Å². The Hall–Kier alpha value is -11.1. The SMILES string of the molecule is CN(Cc1ccccc1)C(=O)C(CO)N1C(=O)c2cc(Oc3ccc(CCO)cc3)c3c4c(Oc5ccc(CCO)cc5)cc5c6c(cc(Oc7ccc(CCO)cc7)c(c7c(Oc8ccc(CCO)cc8)cc(c2c37)C1=O)c64)C(=O)N(C(CO)C(=O)N(C)Cc1ccccc1)C5=O. The van der Waals surface area contributed by atoms with Crippen molar-refractivity contribution in [3.05, 3.63) is 238 Å². The molecule has 2 atom stereocenters. The molecule has 0 saturated heterocycles. The quantitative estimate of drug-likeness (QED) is 0.0167. The fourth-order valence-electron chi connectivity index (χ4n) is 13.3. The fourth-order valence-corrected chi connectivity index (χ4v) is 13.3. The molecular weight excluding hydrogens is 1250 g/mol. The van der Waals surface area contributed by atoms with Gasteiger partial charge in [0, 0.05) is 96.7 Å². The maximum atomic E-state index is 16.0. The monoisotopic (exact) mass is 1320 g/mol. The first-order valence-electron chi connectivity index (χ1n) is 32.1. The van der Waals surface area contributed by atoms with Gasteiger partial charge in [-0.1, -0.05) is 109 Å². The summed E-state index contributed by atoms with van der Waals surface area (Å²) in [5.74, 6) is -4.80. The minimum atomic E-state index is -1.77. The van der Waals surface area contributed by atoms with E-state index in [0.29, 0.717) is 25.7 Å². The smallest absolute Gasteiger partial charge is 0.262 e. The fraction of sp³-hybridized carbons (Fsp3) is 0.205. The summed E-state index contributed by atoms with van der Waals surface area (Å²) in [6.45, 7) is -2.44. The Labute approximate surface area is 562 Å². The molecule has 11 aromatic rings. The van der Waals surface area contributed by atoms with Crippen LogP contribution in [-0.4, -0.2) is 152 Å². The summed E-state index contributed by atoms with van der Waals surface area (Å²) in [7, 11) is 3.00. The van der Waals surface area contributed by atoms with Gasteiger partial charge in [0.2, 0.25) is 11.8 Å². The number of carbonyl (C=O) groups is 6. The molecule has 98 heavy (non-hydrogen) atoms.